The second-order valence-electron chi connectivity index (χ2n) is 4.21. The summed E-state index contributed by atoms with van der Waals surface area (Å²) in [6, 6.07) is 12.3. The summed E-state index contributed by atoms with van der Waals surface area (Å²) >= 11 is 15.1. The van der Waals surface area contributed by atoms with Gasteiger partial charge in [0.2, 0.25) is 0 Å². The van der Waals surface area contributed by atoms with Gasteiger partial charge in [-0.05, 0) is 29.8 Å². The minimum atomic E-state index is -0.401. The maximum Gasteiger partial charge on any atom is 0.277 e. The molecule has 0 unspecified atom stereocenters. The molecule has 0 spiro atoms. The average molecular weight is 402 g/mol. The first-order chi connectivity index (χ1) is 10.5. The van der Waals surface area contributed by atoms with Crippen molar-refractivity contribution in [3.05, 3.63) is 62.5 Å². The van der Waals surface area contributed by atoms with Crippen LogP contribution in [-0.2, 0) is 4.79 Å². The fraction of sp³-hybridized carbons (Fsp3) is 0.0667. The Morgan fingerprint density at radius 3 is 2.86 bits per heavy atom. The Hall–Kier alpha value is -1.56. The van der Waals surface area contributed by atoms with E-state index in [1.54, 1.807) is 18.2 Å². The van der Waals surface area contributed by atoms with Gasteiger partial charge in [-0.25, -0.2) is 5.43 Å². The van der Waals surface area contributed by atoms with E-state index in [0.29, 0.717) is 15.8 Å². The second kappa shape index (κ2) is 8.17. The molecular weight excluding hydrogens is 391 g/mol. The number of benzene rings is 2. The summed E-state index contributed by atoms with van der Waals surface area (Å²) in [6.07, 6.45) is 1.54. The van der Waals surface area contributed by atoms with Crippen LogP contribution < -0.4 is 10.2 Å². The van der Waals surface area contributed by atoms with Gasteiger partial charge in [-0.3, -0.25) is 4.79 Å². The number of hydrogen-bond donors (Lipinski definition) is 1. The molecule has 0 radical (unpaired) electrons. The van der Waals surface area contributed by atoms with E-state index in [-0.39, 0.29) is 6.61 Å². The van der Waals surface area contributed by atoms with Crippen molar-refractivity contribution in [1.29, 1.82) is 0 Å². The van der Waals surface area contributed by atoms with Crippen LogP contribution in [-0.4, -0.2) is 18.7 Å². The van der Waals surface area contributed by atoms with Crippen LogP contribution in [0.15, 0.2) is 52.0 Å². The molecule has 0 fully saturated rings. The van der Waals surface area contributed by atoms with Crippen LogP contribution >= 0.6 is 39.1 Å². The Morgan fingerprint density at radius 1 is 1.27 bits per heavy atom. The van der Waals surface area contributed by atoms with Gasteiger partial charge < -0.3 is 4.74 Å². The molecule has 2 aromatic rings. The van der Waals surface area contributed by atoms with E-state index in [2.05, 4.69) is 26.5 Å². The van der Waals surface area contributed by atoms with Gasteiger partial charge in [0.1, 0.15) is 5.75 Å². The lowest BCUT2D eigenvalue weighted by molar-refractivity contribution is -0.123. The van der Waals surface area contributed by atoms with E-state index in [0.717, 1.165) is 10.0 Å². The van der Waals surface area contributed by atoms with E-state index >= 15 is 0 Å². The monoisotopic (exact) mass is 400 g/mol. The molecule has 0 aliphatic carbocycles. The summed E-state index contributed by atoms with van der Waals surface area (Å²) in [5.74, 6) is -0.0532. The molecule has 0 aliphatic rings. The summed E-state index contributed by atoms with van der Waals surface area (Å²) in [4.78, 5) is 11.6. The lowest BCUT2D eigenvalue weighted by Gasteiger charge is -2.07. The Bertz CT molecular complexity index is 708. The zero-order valence-electron chi connectivity index (χ0n) is 11.2. The van der Waals surface area contributed by atoms with Crippen molar-refractivity contribution in [1.82, 2.24) is 5.43 Å². The molecule has 2 rings (SSSR count). The van der Waals surface area contributed by atoms with Crippen LogP contribution in [0.4, 0.5) is 0 Å². The Labute approximate surface area is 146 Å². The molecule has 1 amide bonds. The first kappa shape index (κ1) is 16.8. The van der Waals surface area contributed by atoms with Gasteiger partial charge >= 0.3 is 0 Å². The molecule has 0 aromatic heterocycles. The number of hydrogen-bond acceptors (Lipinski definition) is 3. The van der Waals surface area contributed by atoms with Gasteiger partial charge in [0.25, 0.3) is 5.91 Å². The lowest BCUT2D eigenvalue weighted by Crippen LogP contribution is -2.24. The van der Waals surface area contributed by atoms with Crippen molar-refractivity contribution in [3.63, 3.8) is 0 Å². The largest absolute Gasteiger partial charge is 0.482 e. The Morgan fingerprint density at radius 2 is 2.09 bits per heavy atom. The zero-order chi connectivity index (χ0) is 15.9. The van der Waals surface area contributed by atoms with Gasteiger partial charge in [-0.1, -0.05) is 51.3 Å². The van der Waals surface area contributed by atoms with Crippen molar-refractivity contribution < 1.29 is 9.53 Å². The highest BCUT2D eigenvalue weighted by Gasteiger charge is 2.06. The van der Waals surface area contributed by atoms with E-state index in [1.165, 1.54) is 6.21 Å². The molecular formula is C15H11BrCl2N2O2. The predicted octanol–water partition coefficient (Wildman–Crippen LogP) is 4.29. The minimum Gasteiger partial charge on any atom is -0.482 e. The molecule has 0 saturated heterocycles. The highest BCUT2D eigenvalue weighted by molar-refractivity contribution is 9.10. The minimum absolute atomic E-state index is 0.212. The van der Waals surface area contributed by atoms with E-state index in [1.807, 2.05) is 24.3 Å². The standard InChI is InChI=1S/C15H11BrCl2N2O2/c16-11-3-1-2-10(6-11)8-19-20-15(21)9-22-14-7-12(17)4-5-13(14)18/h1-8H,9H2,(H,20,21)/b19-8+. The zero-order valence-corrected chi connectivity index (χ0v) is 14.3. The topological polar surface area (TPSA) is 50.7 Å². The summed E-state index contributed by atoms with van der Waals surface area (Å²) < 4.78 is 6.22. The molecule has 2 aromatic carbocycles. The van der Waals surface area contributed by atoms with E-state index in [4.69, 9.17) is 27.9 Å². The summed E-state index contributed by atoms with van der Waals surface area (Å²) in [5, 5.41) is 4.71. The van der Waals surface area contributed by atoms with Gasteiger partial charge in [0, 0.05) is 15.6 Å². The molecule has 1 N–H and O–H groups in total. The second-order valence-corrected chi connectivity index (χ2v) is 5.97. The maximum absolute atomic E-state index is 11.6. The van der Waals surface area contributed by atoms with Crippen molar-refractivity contribution >= 4 is 51.3 Å². The number of carbonyl (C=O) groups excluding carboxylic acids is 1. The molecule has 7 heteroatoms. The molecule has 0 aliphatic heterocycles. The van der Waals surface area contributed by atoms with E-state index < -0.39 is 5.91 Å². The van der Waals surface area contributed by atoms with Crippen LogP contribution in [0.3, 0.4) is 0 Å². The fourth-order valence-corrected chi connectivity index (χ4v) is 2.28. The first-order valence-electron chi connectivity index (χ1n) is 6.20. The number of amides is 1. The highest BCUT2D eigenvalue weighted by atomic mass is 79.9. The number of nitrogens with zero attached hydrogens (tertiary/aromatic N) is 1. The van der Waals surface area contributed by atoms with Crippen molar-refractivity contribution in [2.75, 3.05) is 6.61 Å². The normalized spacial score (nSPS) is 10.7. The third kappa shape index (κ3) is 5.33. The third-order valence-electron chi connectivity index (χ3n) is 2.50. The van der Waals surface area contributed by atoms with Gasteiger partial charge in [-0.15, -0.1) is 0 Å². The molecule has 4 nitrogen and oxygen atoms in total. The Kier molecular flexibility index (Phi) is 6.24. The highest BCUT2D eigenvalue weighted by Crippen LogP contribution is 2.27. The van der Waals surface area contributed by atoms with Crippen LogP contribution in [0.1, 0.15) is 5.56 Å². The molecule has 0 atom stereocenters. The van der Waals surface area contributed by atoms with Crippen LogP contribution in [0.5, 0.6) is 5.75 Å². The number of carbonyl (C=O) groups is 1. The quantitative estimate of drug-likeness (QED) is 0.600. The molecule has 114 valence electrons. The Balaban J connectivity index is 1.84. The summed E-state index contributed by atoms with van der Waals surface area (Å²) in [6.45, 7) is -0.212. The van der Waals surface area contributed by atoms with Crippen LogP contribution in [0.2, 0.25) is 10.0 Å². The summed E-state index contributed by atoms with van der Waals surface area (Å²) in [7, 11) is 0. The van der Waals surface area contributed by atoms with E-state index in [9.17, 15) is 4.79 Å². The number of halogens is 3. The molecule has 22 heavy (non-hydrogen) atoms. The molecule has 0 bridgehead atoms. The number of hydrazone groups is 1. The third-order valence-corrected chi connectivity index (χ3v) is 3.54. The van der Waals surface area contributed by atoms with Crippen LogP contribution in [0, 0.1) is 0 Å². The van der Waals surface area contributed by atoms with Gasteiger partial charge in [0.05, 0.1) is 11.2 Å². The predicted molar refractivity (Wildman–Crippen MR) is 91.8 cm³/mol. The average Bonchev–Trinajstić information content (AvgIpc) is 2.48. The van der Waals surface area contributed by atoms with Crippen molar-refractivity contribution in [2.24, 2.45) is 5.10 Å². The fourth-order valence-electron chi connectivity index (χ4n) is 1.53. The van der Waals surface area contributed by atoms with Crippen LogP contribution in [0.25, 0.3) is 0 Å². The number of ether oxygens (including phenoxy) is 1. The SMILES string of the molecule is O=C(COc1cc(Cl)ccc1Cl)N/N=C/c1cccc(Br)c1. The number of rotatable bonds is 5. The maximum atomic E-state index is 11.6. The lowest BCUT2D eigenvalue weighted by atomic mass is 10.2. The van der Waals surface area contributed by atoms with Crippen molar-refractivity contribution in [2.45, 2.75) is 0 Å². The molecule has 0 saturated carbocycles. The number of nitrogens with one attached hydrogen (secondary N) is 1. The smallest absolute Gasteiger partial charge is 0.277 e. The first-order valence-corrected chi connectivity index (χ1v) is 7.75. The van der Waals surface area contributed by atoms with Crippen molar-refractivity contribution in [3.8, 4) is 5.75 Å². The van der Waals surface area contributed by atoms with Gasteiger partial charge in [0.15, 0.2) is 6.61 Å². The van der Waals surface area contributed by atoms with Gasteiger partial charge in [-0.2, -0.15) is 5.10 Å². The summed E-state index contributed by atoms with van der Waals surface area (Å²) in [5.41, 5.74) is 3.22. The molecule has 0 heterocycles.